The van der Waals surface area contributed by atoms with E-state index >= 15 is 0 Å². The third-order valence-electron chi connectivity index (χ3n) is 1.22. The Morgan fingerprint density at radius 2 is 2.00 bits per heavy atom. The van der Waals surface area contributed by atoms with Gasteiger partial charge in [-0.15, -0.1) is 0 Å². The summed E-state index contributed by atoms with van der Waals surface area (Å²) in [6.45, 7) is 0. The van der Waals surface area contributed by atoms with E-state index in [0.29, 0.717) is 20.8 Å². The van der Waals surface area contributed by atoms with Gasteiger partial charge in [0.15, 0.2) is 6.29 Å². The van der Waals surface area contributed by atoms with Crippen LogP contribution >= 0.6 is 31.9 Å². The maximum Gasteiger partial charge on any atom is 0.151 e. The van der Waals surface area contributed by atoms with Gasteiger partial charge in [0, 0.05) is 5.56 Å². The molecule has 0 aliphatic heterocycles. The number of aromatic hydroxyl groups is 1. The minimum atomic E-state index is 0.0506. The molecule has 0 spiro atoms. The van der Waals surface area contributed by atoms with E-state index in [-0.39, 0.29) is 5.75 Å². The van der Waals surface area contributed by atoms with Gasteiger partial charge in [-0.3, -0.25) is 4.79 Å². The highest BCUT2D eigenvalue weighted by Gasteiger charge is 2.06. The molecule has 4 heteroatoms. The Labute approximate surface area is 80.5 Å². The Kier molecular flexibility index (Phi) is 2.67. The van der Waals surface area contributed by atoms with E-state index in [4.69, 9.17) is 0 Å². The second kappa shape index (κ2) is 3.36. The SMILES string of the molecule is O=Cc1ccc(Br)c(O)c1Br. The molecular weight excluding hydrogens is 276 g/mol. The van der Waals surface area contributed by atoms with E-state index in [0.717, 1.165) is 0 Å². The zero-order valence-corrected chi connectivity index (χ0v) is 8.52. The van der Waals surface area contributed by atoms with E-state index in [9.17, 15) is 9.90 Å². The lowest BCUT2D eigenvalue weighted by molar-refractivity contribution is 0.112. The lowest BCUT2D eigenvalue weighted by Gasteiger charge is -2.00. The number of phenolic OH excluding ortho intramolecular Hbond substituents is 1. The molecule has 0 aromatic heterocycles. The molecule has 0 aliphatic rings. The minimum Gasteiger partial charge on any atom is -0.506 e. The van der Waals surface area contributed by atoms with Crippen molar-refractivity contribution in [3.8, 4) is 5.75 Å². The van der Waals surface area contributed by atoms with Gasteiger partial charge in [0.1, 0.15) is 5.75 Å². The fourth-order valence-electron chi connectivity index (χ4n) is 0.648. The zero-order valence-electron chi connectivity index (χ0n) is 5.34. The standard InChI is InChI=1S/C7H4Br2O2/c8-5-2-1-4(3-10)6(9)7(5)11/h1-3,11H. The van der Waals surface area contributed by atoms with Crippen LogP contribution in [0.4, 0.5) is 0 Å². The average molecular weight is 280 g/mol. The summed E-state index contributed by atoms with van der Waals surface area (Å²) >= 11 is 6.19. The fourth-order valence-corrected chi connectivity index (χ4v) is 1.68. The molecule has 58 valence electrons. The van der Waals surface area contributed by atoms with Crippen molar-refractivity contribution in [2.75, 3.05) is 0 Å². The van der Waals surface area contributed by atoms with E-state index in [1.54, 1.807) is 12.1 Å². The van der Waals surface area contributed by atoms with Crippen LogP contribution in [0.5, 0.6) is 5.75 Å². The quantitative estimate of drug-likeness (QED) is 0.803. The maximum absolute atomic E-state index is 10.3. The van der Waals surface area contributed by atoms with Gasteiger partial charge in [0.2, 0.25) is 0 Å². The third kappa shape index (κ3) is 1.62. The Morgan fingerprint density at radius 3 is 2.55 bits per heavy atom. The van der Waals surface area contributed by atoms with E-state index in [2.05, 4.69) is 31.9 Å². The number of carbonyl (C=O) groups is 1. The Balaban J connectivity index is 3.36. The number of benzene rings is 1. The molecule has 11 heavy (non-hydrogen) atoms. The van der Waals surface area contributed by atoms with Crippen molar-refractivity contribution in [2.24, 2.45) is 0 Å². The van der Waals surface area contributed by atoms with Gasteiger partial charge < -0.3 is 5.11 Å². The van der Waals surface area contributed by atoms with Crippen LogP contribution in [-0.2, 0) is 0 Å². The number of phenols is 1. The van der Waals surface area contributed by atoms with E-state index < -0.39 is 0 Å². The summed E-state index contributed by atoms with van der Waals surface area (Å²) in [6, 6.07) is 3.23. The van der Waals surface area contributed by atoms with Crippen LogP contribution in [0.15, 0.2) is 21.1 Å². The molecule has 1 aromatic carbocycles. The predicted molar refractivity (Wildman–Crippen MR) is 48.9 cm³/mol. The van der Waals surface area contributed by atoms with Crippen molar-refractivity contribution in [2.45, 2.75) is 0 Å². The largest absolute Gasteiger partial charge is 0.506 e. The molecule has 0 bridgehead atoms. The molecule has 1 aromatic rings. The van der Waals surface area contributed by atoms with Gasteiger partial charge in [0.05, 0.1) is 8.95 Å². The molecule has 0 unspecified atom stereocenters. The molecule has 0 atom stereocenters. The van der Waals surface area contributed by atoms with Gasteiger partial charge in [-0.05, 0) is 44.0 Å². The van der Waals surface area contributed by atoms with Gasteiger partial charge in [-0.25, -0.2) is 0 Å². The lowest BCUT2D eigenvalue weighted by atomic mass is 10.2. The summed E-state index contributed by atoms with van der Waals surface area (Å²) in [7, 11) is 0. The molecule has 1 N–H and O–H groups in total. The van der Waals surface area contributed by atoms with Crippen molar-refractivity contribution in [1.82, 2.24) is 0 Å². The van der Waals surface area contributed by atoms with Crippen LogP contribution < -0.4 is 0 Å². The summed E-state index contributed by atoms with van der Waals surface area (Å²) in [5, 5.41) is 9.27. The monoisotopic (exact) mass is 278 g/mol. The van der Waals surface area contributed by atoms with Crippen LogP contribution in [0.25, 0.3) is 0 Å². The molecular formula is C7H4Br2O2. The Hall–Kier alpha value is -0.350. The molecule has 0 amide bonds. The summed E-state index contributed by atoms with van der Waals surface area (Å²) in [5.74, 6) is 0.0506. The third-order valence-corrected chi connectivity index (χ3v) is 2.70. The molecule has 0 saturated heterocycles. The molecule has 0 heterocycles. The number of carbonyl (C=O) groups excluding carboxylic acids is 1. The molecule has 0 fully saturated rings. The van der Waals surface area contributed by atoms with Gasteiger partial charge in [-0.1, -0.05) is 0 Å². The predicted octanol–water partition coefficient (Wildman–Crippen LogP) is 2.73. The summed E-state index contributed by atoms with van der Waals surface area (Å²) in [6.07, 6.45) is 0.677. The molecule has 0 aliphatic carbocycles. The van der Waals surface area contributed by atoms with E-state index in [1.807, 2.05) is 0 Å². The van der Waals surface area contributed by atoms with Crippen molar-refractivity contribution < 1.29 is 9.90 Å². The summed E-state index contributed by atoms with van der Waals surface area (Å²) < 4.78 is 0.983. The first-order valence-electron chi connectivity index (χ1n) is 2.79. The summed E-state index contributed by atoms with van der Waals surface area (Å²) in [4.78, 5) is 10.3. The summed E-state index contributed by atoms with van der Waals surface area (Å²) in [5.41, 5.74) is 0.436. The highest BCUT2D eigenvalue weighted by Crippen LogP contribution is 2.33. The van der Waals surface area contributed by atoms with Crippen molar-refractivity contribution in [1.29, 1.82) is 0 Å². The minimum absolute atomic E-state index is 0.0506. The zero-order chi connectivity index (χ0) is 8.43. The smallest absolute Gasteiger partial charge is 0.151 e. The van der Waals surface area contributed by atoms with Gasteiger partial charge >= 0.3 is 0 Å². The fraction of sp³-hybridized carbons (Fsp3) is 0. The van der Waals surface area contributed by atoms with Crippen LogP contribution in [0.1, 0.15) is 10.4 Å². The van der Waals surface area contributed by atoms with Crippen LogP contribution in [0.3, 0.4) is 0 Å². The second-order valence-electron chi connectivity index (χ2n) is 1.92. The highest BCUT2D eigenvalue weighted by molar-refractivity contribution is 9.11. The number of hydrogen-bond donors (Lipinski definition) is 1. The molecule has 0 radical (unpaired) electrons. The number of halogens is 2. The molecule has 1 rings (SSSR count). The average Bonchev–Trinajstić information content (AvgIpc) is 2.01. The van der Waals surface area contributed by atoms with Crippen LogP contribution in [0.2, 0.25) is 0 Å². The molecule has 2 nitrogen and oxygen atoms in total. The normalized spacial score (nSPS) is 9.64. The number of rotatable bonds is 1. The Bertz CT molecular complexity index is 297. The first kappa shape index (κ1) is 8.74. The van der Waals surface area contributed by atoms with E-state index in [1.165, 1.54) is 0 Å². The lowest BCUT2D eigenvalue weighted by Crippen LogP contribution is -1.82. The first-order valence-corrected chi connectivity index (χ1v) is 4.37. The van der Waals surface area contributed by atoms with Gasteiger partial charge in [-0.2, -0.15) is 0 Å². The van der Waals surface area contributed by atoms with Crippen molar-refractivity contribution >= 4 is 38.1 Å². The van der Waals surface area contributed by atoms with Crippen molar-refractivity contribution in [3.05, 3.63) is 26.6 Å². The van der Waals surface area contributed by atoms with Crippen molar-refractivity contribution in [3.63, 3.8) is 0 Å². The highest BCUT2D eigenvalue weighted by atomic mass is 79.9. The van der Waals surface area contributed by atoms with Gasteiger partial charge in [0.25, 0.3) is 0 Å². The van der Waals surface area contributed by atoms with Crippen LogP contribution in [-0.4, -0.2) is 11.4 Å². The Morgan fingerprint density at radius 1 is 1.36 bits per heavy atom. The number of hydrogen-bond acceptors (Lipinski definition) is 2. The topological polar surface area (TPSA) is 37.3 Å². The second-order valence-corrected chi connectivity index (χ2v) is 3.56. The first-order chi connectivity index (χ1) is 5.16. The number of aldehydes is 1. The molecule has 0 saturated carbocycles. The maximum atomic E-state index is 10.3. The van der Waals surface area contributed by atoms with Crippen LogP contribution in [0, 0.1) is 0 Å².